The van der Waals surface area contributed by atoms with Crippen molar-refractivity contribution >= 4 is 34.2 Å². The predicted octanol–water partition coefficient (Wildman–Crippen LogP) is 3.35. The van der Waals surface area contributed by atoms with Crippen LogP contribution in [0.25, 0.3) is 0 Å². The van der Waals surface area contributed by atoms with Gasteiger partial charge in [0, 0.05) is 22.0 Å². The van der Waals surface area contributed by atoms with Crippen LogP contribution in [0, 0.1) is 3.57 Å². The molecule has 0 saturated carbocycles. The van der Waals surface area contributed by atoms with E-state index in [-0.39, 0.29) is 5.38 Å². The Hall–Kier alpha value is 0.200. The molecule has 0 spiro atoms. The molecule has 0 bridgehead atoms. The van der Waals surface area contributed by atoms with Crippen molar-refractivity contribution in [1.29, 1.82) is 0 Å². The molecular weight excluding hydrogens is 308 g/mol. The number of hydrogen-bond donors (Lipinski definition) is 0. The molecule has 1 unspecified atom stereocenters. The minimum atomic E-state index is 0.212. The lowest BCUT2D eigenvalue weighted by Gasteiger charge is -2.17. The molecule has 0 heterocycles. The molecule has 1 aromatic carbocycles. The average molecular weight is 324 g/mol. The molecule has 14 heavy (non-hydrogen) atoms. The monoisotopic (exact) mass is 323 g/mol. The third kappa shape index (κ3) is 4.62. The lowest BCUT2D eigenvalue weighted by molar-refractivity contribution is 0.330. The van der Waals surface area contributed by atoms with Gasteiger partial charge in [0.05, 0.1) is 0 Å². The molecule has 0 N–H and O–H groups in total. The van der Waals surface area contributed by atoms with E-state index < -0.39 is 0 Å². The fourth-order valence-corrected chi connectivity index (χ4v) is 1.99. The summed E-state index contributed by atoms with van der Waals surface area (Å²) >= 11 is 8.24. The third-order valence-corrected chi connectivity index (χ3v) is 2.79. The summed E-state index contributed by atoms with van der Waals surface area (Å²) in [7, 11) is 2.09. The smallest absolute Gasteiger partial charge is 0.0435 e. The Bertz CT molecular complexity index is 271. The van der Waals surface area contributed by atoms with Crippen LogP contribution in [-0.2, 0) is 6.54 Å². The third-order valence-electron chi connectivity index (χ3n) is 1.93. The van der Waals surface area contributed by atoms with E-state index in [1.807, 2.05) is 6.92 Å². The Kier molecular flexibility index (Phi) is 5.20. The molecule has 1 rings (SSSR count). The number of alkyl halides is 1. The summed E-state index contributed by atoms with van der Waals surface area (Å²) in [5, 5.41) is 0.212. The zero-order valence-corrected chi connectivity index (χ0v) is 11.4. The Morgan fingerprint density at radius 3 is 2.43 bits per heavy atom. The van der Waals surface area contributed by atoms with Gasteiger partial charge in [0.2, 0.25) is 0 Å². The van der Waals surface area contributed by atoms with Crippen molar-refractivity contribution in [2.75, 3.05) is 13.6 Å². The molecule has 0 amide bonds. The lowest BCUT2D eigenvalue weighted by Crippen LogP contribution is -2.24. The Labute approximate surface area is 105 Å². The van der Waals surface area contributed by atoms with Crippen molar-refractivity contribution in [3.63, 3.8) is 0 Å². The van der Waals surface area contributed by atoms with Crippen LogP contribution in [-0.4, -0.2) is 23.9 Å². The Balaban J connectivity index is 2.47. The highest BCUT2D eigenvalue weighted by molar-refractivity contribution is 14.1. The SMILES string of the molecule is CC(Cl)CN(C)Cc1ccc(I)cc1. The maximum atomic E-state index is 5.92. The molecule has 0 aromatic heterocycles. The Morgan fingerprint density at radius 1 is 1.36 bits per heavy atom. The van der Waals surface area contributed by atoms with Gasteiger partial charge < -0.3 is 4.90 Å². The maximum absolute atomic E-state index is 5.92. The molecule has 0 fully saturated rings. The van der Waals surface area contributed by atoms with E-state index in [0.29, 0.717) is 0 Å². The van der Waals surface area contributed by atoms with Gasteiger partial charge in [-0.15, -0.1) is 11.6 Å². The number of nitrogens with zero attached hydrogens (tertiary/aromatic N) is 1. The van der Waals surface area contributed by atoms with E-state index in [9.17, 15) is 0 Å². The van der Waals surface area contributed by atoms with Crippen LogP contribution in [0.1, 0.15) is 12.5 Å². The second-order valence-corrected chi connectivity index (χ2v) is 5.59. The van der Waals surface area contributed by atoms with Gasteiger partial charge in [0.1, 0.15) is 0 Å². The number of benzene rings is 1. The minimum absolute atomic E-state index is 0.212. The molecule has 0 aliphatic carbocycles. The van der Waals surface area contributed by atoms with Crippen LogP contribution in [0.3, 0.4) is 0 Å². The normalized spacial score (nSPS) is 13.2. The van der Waals surface area contributed by atoms with Gasteiger partial charge in [-0.25, -0.2) is 0 Å². The highest BCUT2D eigenvalue weighted by Gasteiger charge is 2.03. The van der Waals surface area contributed by atoms with E-state index in [2.05, 4.69) is 58.8 Å². The van der Waals surface area contributed by atoms with Crippen molar-refractivity contribution in [1.82, 2.24) is 4.90 Å². The van der Waals surface area contributed by atoms with Crippen LogP contribution < -0.4 is 0 Å². The van der Waals surface area contributed by atoms with Gasteiger partial charge in [0.25, 0.3) is 0 Å². The van der Waals surface area contributed by atoms with Crippen LogP contribution in [0.15, 0.2) is 24.3 Å². The van der Waals surface area contributed by atoms with Gasteiger partial charge in [-0.1, -0.05) is 12.1 Å². The second-order valence-electron chi connectivity index (χ2n) is 3.60. The van der Waals surface area contributed by atoms with Gasteiger partial charge in [0.15, 0.2) is 0 Å². The highest BCUT2D eigenvalue weighted by Crippen LogP contribution is 2.09. The van der Waals surface area contributed by atoms with E-state index in [1.54, 1.807) is 0 Å². The molecule has 0 aliphatic rings. The van der Waals surface area contributed by atoms with Crippen LogP contribution >= 0.6 is 34.2 Å². The highest BCUT2D eigenvalue weighted by atomic mass is 127. The first kappa shape index (κ1) is 12.3. The molecule has 0 saturated heterocycles. The molecular formula is C11H15ClIN. The summed E-state index contributed by atoms with van der Waals surface area (Å²) in [4.78, 5) is 2.24. The summed E-state index contributed by atoms with van der Waals surface area (Å²) in [5.74, 6) is 0. The fraction of sp³-hybridized carbons (Fsp3) is 0.455. The van der Waals surface area contributed by atoms with Crippen molar-refractivity contribution in [2.24, 2.45) is 0 Å². The zero-order chi connectivity index (χ0) is 10.6. The van der Waals surface area contributed by atoms with Crippen LogP contribution in [0.2, 0.25) is 0 Å². The van der Waals surface area contributed by atoms with Gasteiger partial charge in [-0.3, -0.25) is 0 Å². The number of rotatable bonds is 4. The second kappa shape index (κ2) is 5.93. The first-order chi connectivity index (χ1) is 6.58. The molecule has 3 heteroatoms. The summed E-state index contributed by atoms with van der Waals surface area (Å²) in [5.41, 5.74) is 1.34. The number of halogens is 2. The minimum Gasteiger partial charge on any atom is -0.301 e. The average Bonchev–Trinajstić information content (AvgIpc) is 2.07. The topological polar surface area (TPSA) is 3.24 Å². The van der Waals surface area contributed by atoms with E-state index >= 15 is 0 Å². The van der Waals surface area contributed by atoms with E-state index in [1.165, 1.54) is 9.13 Å². The zero-order valence-electron chi connectivity index (χ0n) is 8.50. The predicted molar refractivity (Wildman–Crippen MR) is 70.8 cm³/mol. The van der Waals surface area contributed by atoms with Gasteiger partial charge in [-0.05, 0) is 54.3 Å². The van der Waals surface area contributed by atoms with E-state index in [0.717, 1.165) is 13.1 Å². The lowest BCUT2D eigenvalue weighted by atomic mass is 10.2. The largest absolute Gasteiger partial charge is 0.301 e. The van der Waals surface area contributed by atoms with Crippen molar-refractivity contribution in [3.05, 3.63) is 33.4 Å². The fourth-order valence-electron chi connectivity index (χ4n) is 1.40. The number of hydrogen-bond acceptors (Lipinski definition) is 1. The van der Waals surface area contributed by atoms with Crippen molar-refractivity contribution < 1.29 is 0 Å². The maximum Gasteiger partial charge on any atom is 0.0435 e. The van der Waals surface area contributed by atoms with Gasteiger partial charge >= 0.3 is 0 Å². The van der Waals surface area contributed by atoms with Crippen molar-refractivity contribution in [3.8, 4) is 0 Å². The van der Waals surface area contributed by atoms with Crippen LogP contribution in [0.4, 0.5) is 0 Å². The molecule has 78 valence electrons. The molecule has 1 atom stereocenters. The molecule has 0 radical (unpaired) electrons. The Morgan fingerprint density at radius 2 is 1.93 bits per heavy atom. The summed E-state index contributed by atoms with van der Waals surface area (Å²) in [6.45, 7) is 3.91. The summed E-state index contributed by atoms with van der Waals surface area (Å²) in [6.07, 6.45) is 0. The quantitative estimate of drug-likeness (QED) is 0.607. The summed E-state index contributed by atoms with van der Waals surface area (Å²) < 4.78 is 1.28. The van der Waals surface area contributed by atoms with Crippen LogP contribution in [0.5, 0.6) is 0 Å². The standard InChI is InChI=1S/C11H15ClIN/c1-9(12)7-14(2)8-10-3-5-11(13)6-4-10/h3-6,9H,7-8H2,1-2H3. The molecule has 1 nitrogen and oxygen atoms in total. The molecule has 1 aromatic rings. The first-order valence-corrected chi connectivity index (χ1v) is 6.16. The van der Waals surface area contributed by atoms with E-state index in [4.69, 9.17) is 11.6 Å². The molecule has 0 aliphatic heterocycles. The summed E-state index contributed by atoms with van der Waals surface area (Å²) in [6, 6.07) is 8.59. The van der Waals surface area contributed by atoms with Crippen molar-refractivity contribution in [2.45, 2.75) is 18.8 Å². The first-order valence-electron chi connectivity index (χ1n) is 4.65. The van der Waals surface area contributed by atoms with Gasteiger partial charge in [-0.2, -0.15) is 0 Å².